The van der Waals surface area contributed by atoms with Crippen LogP contribution >= 0.6 is 0 Å². The van der Waals surface area contributed by atoms with Gasteiger partial charge in [-0.15, -0.1) is 0 Å². The van der Waals surface area contributed by atoms with Crippen molar-refractivity contribution < 1.29 is 32.6 Å². The zero-order valence-corrected chi connectivity index (χ0v) is 15.0. The molecule has 0 saturated heterocycles. The molecule has 0 aliphatic heterocycles. The van der Waals surface area contributed by atoms with Crippen molar-refractivity contribution in [2.75, 3.05) is 18.5 Å². The van der Waals surface area contributed by atoms with Crippen LogP contribution in [0.2, 0.25) is 0 Å². The van der Waals surface area contributed by atoms with Crippen molar-refractivity contribution >= 4 is 17.6 Å². The number of aryl methyl sites for hydroxylation is 2. The fourth-order valence-corrected chi connectivity index (χ4v) is 2.88. The van der Waals surface area contributed by atoms with E-state index in [0.717, 1.165) is 19.3 Å². The second-order valence-electron chi connectivity index (χ2n) is 6.18. The molecule has 3 rings (SSSR count). The van der Waals surface area contributed by atoms with E-state index in [1.54, 1.807) is 0 Å². The van der Waals surface area contributed by atoms with Gasteiger partial charge < -0.3 is 19.5 Å². The van der Waals surface area contributed by atoms with Crippen molar-refractivity contribution in [1.82, 2.24) is 0 Å². The molecule has 1 aliphatic carbocycles. The first-order chi connectivity index (χ1) is 13.5. The zero-order chi connectivity index (χ0) is 19.9. The average molecular weight is 391 g/mol. The molecule has 1 aliphatic rings. The summed E-state index contributed by atoms with van der Waals surface area (Å²) >= 11 is 0. The lowest BCUT2D eigenvalue weighted by atomic mass is 10.1. The number of esters is 1. The minimum Gasteiger partial charge on any atom is -0.482 e. The molecule has 0 fully saturated rings. The van der Waals surface area contributed by atoms with Crippen LogP contribution in [0.15, 0.2) is 42.5 Å². The average Bonchev–Trinajstić information content (AvgIpc) is 3.13. The predicted molar refractivity (Wildman–Crippen MR) is 96.6 cm³/mol. The molecule has 0 heterocycles. The lowest BCUT2D eigenvalue weighted by Crippen LogP contribution is -2.23. The molecule has 0 saturated carbocycles. The summed E-state index contributed by atoms with van der Waals surface area (Å²) in [5, 5.41) is 2.48. The molecule has 2 aromatic carbocycles. The molecule has 0 radical (unpaired) electrons. The van der Waals surface area contributed by atoms with Gasteiger partial charge in [-0.3, -0.25) is 4.79 Å². The van der Waals surface area contributed by atoms with Gasteiger partial charge in [-0.05, 0) is 66.8 Å². The molecule has 1 amide bonds. The molecule has 8 heteroatoms. The van der Waals surface area contributed by atoms with Gasteiger partial charge in [0.05, 0.1) is 0 Å². The van der Waals surface area contributed by atoms with Gasteiger partial charge in [-0.1, -0.05) is 6.07 Å². The molecule has 0 aromatic heterocycles. The third-order valence-electron chi connectivity index (χ3n) is 4.15. The van der Waals surface area contributed by atoms with Gasteiger partial charge in [0.2, 0.25) is 0 Å². The van der Waals surface area contributed by atoms with Crippen LogP contribution in [-0.4, -0.2) is 31.7 Å². The third-order valence-corrected chi connectivity index (χ3v) is 4.15. The summed E-state index contributed by atoms with van der Waals surface area (Å²) < 4.78 is 38.7. The first kappa shape index (κ1) is 19.6. The fourth-order valence-electron chi connectivity index (χ4n) is 2.88. The number of amides is 1. The van der Waals surface area contributed by atoms with Crippen molar-refractivity contribution in [2.24, 2.45) is 0 Å². The number of anilines is 1. The predicted octanol–water partition coefficient (Wildman–Crippen LogP) is 3.34. The zero-order valence-electron chi connectivity index (χ0n) is 15.0. The lowest BCUT2D eigenvalue weighted by molar-refractivity contribution is -0.149. The summed E-state index contributed by atoms with van der Waals surface area (Å²) in [6.07, 6.45) is 3.19. The van der Waals surface area contributed by atoms with Crippen molar-refractivity contribution in [3.63, 3.8) is 0 Å². The molecule has 2 aromatic rings. The number of carbonyl (C=O) groups excluding carboxylic acids is 2. The number of benzene rings is 2. The van der Waals surface area contributed by atoms with Gasteiger partial charge in [-0.25, -0.2) is 4.79 Å². The van der Waals surface area contributed by atoms with Crippen LogP contribution in [0.1, 0.15) is 17.5 Å². The molecule has 148 valence electrons. The topological polar surface area (TPSA) is 73.9 Å². The second-order valence-corrected chi connectivity index (χ2v) is 6.18. The Labute approximate surface area is 160 Å². The summed E-state index contributed by atoms with van der Waals surface area (Å²) in [5.41, 5.74) is 2.90. The number of halogens is 2. The van der Waals surface area contributed by atoms with Gasteiger partial charge in [0.25, 0.3) is 5.91 Å². The quantitative estimate of drug-likeness (QED) is 0.699. The minimum atomic E-state index is -2.92. The largest absolute Gasteiger partial charge is 0.482 e. The van der Waals surface area contributed by atoms with Gasteiger partial charge in [-0.2, -0.15) is 8.78 Å². The highest BCUT2D eigenvalue weighted by atomic mass is 19.3. The first-order valence-corrected chi connectivity index (χ1v) is 8.74. The smallest absolute Gasteiger partial charge is 0.387 e. The van der Waals surface area contributed by atoms with E-state index in [0.29, 0.717) is 11.4 Å². The van der Waals surface area contributed by atoms with Gasteiger partial charge in [0.15, 0.2) is 13.2 Å². The van der Waals surface area contributed by atoms with Crippen LogP contribution in [0.4, 0.5) is 14.5 Å². The van der Waals surface area contributed by atoms with Crippen LogP contribution < -0.4 is 14.8 Å². The van der Waals surface area contributed by atoms with Gasteiger partial charge in [0, 0.05) is 5.69 Å². The Morgan fingerprint density at radius 2 is 1.68 bits per heavy atom. The first-order valence-electron chi connectivity index (χ1n) is 8.74. The minimum absolute atomic E-state index is 0.0249. The van der Waals surface area contributed by atoms with E-state index in [-0.39, 0.29) is 12.4 Å². The van der Waals surface area contributed by atoms with Crippen LogP contribution in [-0.2, 0) is 27.2 Å². The second kappa shape index (κ2) is 9.16. The number of nitrogens with one attached hydrogen (secondary N) is 1. The van der Waals surface area contributed by atoms with Crippen molar-refractivity contribution in [1.29, 1.82) is 0 Å². The van der Waals surface area contributed by atoms with E-state index in [1.807, 2.05) is 18.2 Å². The molecule has 1 N–H and O–H groups in total. The van der Waals surface area contributed by atoms with Crippen molar-refractivity contribution in [3.05, 3.63) is 53.6 Å². The Kier molecular flexibility index (Phi) is 6.41. The van der Waals surface area contributed by atoms with Gasteiger partial charge >= 0.3 is 12.6 Å². The Bertz CT molecular complexity index is 839. The summed E-state index contributed by atoms with van der Waals surface area (Å²) in [6.45, 7) is -3.70. The standard InChI is InChI=1S/C20H19F2NO5/c21-20(22)28-16-8-5-15(6-9-16)23-18(24)11-27-19(25)12-26-17-7-4-13-2-1-3-14(13)10-17/h4-10,20H,1-3,11-12H2,(H,23,24). The van der Waals surface area contributed by atoms with Crippen LogP contribution in [0.3, 0.4) is 0 Å². The SMILES string of the molecule is O=C(COC(=O)COc1ccc2c(c1)CCC2)Nc1ccc(OC(F)F)cc1. The maximum Gasteiger partial charge on any atom is 0.387 e. The summed E-state index contributed by atoms with van der Waals surface area (Å²) in [4.78, 5) is 23.5. The van der Waals surface area contributed by atoms with E-state index in [2.05, 4.69) is 10.1 Å². The Morgan fingerprint density at radius 3 is 2.43 bits per heavy atom. The number of fused-ring (bicyclic) bond motifs is 1. The van der Waals surface area contributed by atoms with E-state index < -0.39 is 25.1 Å². The highest BCUT2D eigenvalue weighted by molar-refractivity contribution is 5.92. The number of carbonyl (C=O) groups is 2. The van der Waals surface area contributed by atoms with E-state index >= 15 is 0 Å². The Morgan fingerprint density at radius 1 is 0.964 bits per heavy atom. The highest BCUT2D eigenvalue weighted by Crippen LogP contribution is 2.26. The number of alkyl halides is 2. The maximum atomic E-state index is 12.1. The van der Waals surface area contributed by atoms with Crippen molar-refractivity contribution in [3.8, 4) is 11.5 Å². The molecule has 0 bridgehead atoms. The molecule has 6 nitrogen and oxygen atoms in total. The summed E-state index contributed by atoms with van der Waals surface area (Å²) in [6, 6.07) is 11.1. The number of rotatable bonds is 8. The normalized spacial score (nSPS) is 12.4. The van der Waals surface area contributed by atoms with Crippen molar-refractivity contribution in [2.45, 2.75) is 25.9 Å². The monoisotopic (exact) mass is 391 g/mol. The molecular formula is C20H19F2NO5. The maximum absolute atomic E-state index is 12.1. The summed E-state index contributed by atoms with van der Waals surface area (Å²) in [5.74, 6) is -0.666. The van der Waals surface area contributed by atoms with Crippen LogP contribution in [0.25, 0.3) is 0 Å². The Balaban J connectivity index is 1.38. The molecule has 0 atom stereocenters. The van der Waals surface area contributed by atoms with Gasteiger partial charge in [0.1, 0.15) is 11.5 Å². The number of ether oxygens (including phenoxy) is 3. The molecule has 0 unspecified atom stereocenters. The molecular weight excluding hydrogens is 372 g/mol. The lowest BCUT2D eigenvalue weighted by Gasteiger charge is -2.09. The van der Waals surface area contributed by atoms with E-state index in [4.69, 9.17) is 9.47 Å². The fraction of sp³-hybridized carbons (Fsp3) is 0.300. The number of hydrogen-bond acceptors (Lipinski definition) is 5. The third kappa shape index (κ3) is 5.67. The summed E-state index contributed by atoms with van der Waals surface area (Å²) in [7, 11) is 0. The van der Waals surface area contributed by atoms with Crippen LogP contribution in [0.5, 0.6) is 11.5 Å². The number of hydrogen-bond donors (Lipinski definition) is 1. The van der Waals surface area contributed by atoms with E-state index in [1.165, 1.54) is 35.4 Å². The van der Waals surface area contributed by atoms with E-state index in [9.17, 15) is 18.4 Å². The molecule has 28 heavy (non-hydrogen) atoms. The Hall–Kier alpha value is -3.16. The highest BCUT2D eigenvalue weighted by Gasteiger charge is 2.13. The molecule has 0 spiro atoms. The van der Waals surface area contributed by atoms with Crippen LogP contribution in [0, 0.1) is 0 Å².